The van der Waals surface area contributed by atoms with Crippen LogP contribution in [-0.4, -0.2) is 36.8 Å². The van der Waals surface area contributed by atoms with Gasteiger partial charge in [0, 0.05) is 38.1 Å². The van der Waals surface area contributed by atoms with E-state index in [0.29, 0.717) is 17.8 Å². The van der Waals surface area contributed by atoms with Gasteiger partial charge in [-0.1, -0.05) is 30.3 Å². The molecule has 1 heterocycles. The number of hydrogen-bond donors (Lipinski definition) is 0. The molecule has 0 spiro atoms. The molecule has 0 aliphatic heterocycles. The van der Waals surface area contributed by atoms with Crippen molar-refractivity contribution in [3.63, 3.8) is 0 Å². The Morgan fingerprint density at radius 3 is 2.53 bits per heavy atom. The number of aromatic nitrogens is 1. The smallest absolute Gasteiger partial charge is 0.248 e. The Bertz CT molecular complexity index is 1150. The van der Waals surface area contributed by atoms with Crippen molar-refractivity contribution in [3.8, 4) is 0 Å². The van der Waals surface area contributed by atoms with E-state index in [9.17, 15) is 17.6 Å². The van der Waals surface area contributed by atoms with Crippen LogP contribution in [-0.2, 0) is 21.4 Å². The van der Waals surface area contributed by atoms with E-state index in [1.165, 1.54) is 30.5 Å². The fourth-order valence-corrected chi connectivity index (χ4v) is 4.76. The lowest BCUT2D eigenvalue weighted by atomic mass is 10.2. The molecule has 0 unspecified atom stereocenters. The topological polar surface area (TPSA) is 71.7 Å². The van der Waals surface area contributed by atoms with Crippen LogP contribution in [0.25, 0.3) is 0 Å². The third kappa shape index (κ3) is 5.71. The Morgan fingerprint density at radius 1 is 1.13 bits per heavy atom. The monoisotopic (exact) mass is 447 g/mol. The van der Waals surface area contributed by atoms with E-state index in [2.05, 4.69) is 4.99 Å². The summed E-state index contributed by atoms with van der Waals surface area (Å²) < 4.78 is 41.1. The molecule has 0 atom stereocenters. The third-order valence-electron chi connectivity index (χ3n) is 4.46. The summed E-state index contributed by atoms with van der Waals surface area (Å²) in [7, 11) is -2.28. The number of halogens is 1. The van der Waals surface area contributed by atoms with E-state index in [-0.39, 0.29) is 23.8 Å². The van der Waals surface area contributed by atoms with E-state index in [0.717, 1.165) is 22.0 Å². The lowest BCUT2D eigenvalue weighted by Gasteiger charge is -2.16. The first kappa shape index (κ1) is 22.1. The largest absolute Gasteiger partial charge is 0.319 e. The van der Waals surface area contributed by atoms with Crippen molar-refractivity contribution in [2.75, 3.05) is 13.6 Å². The van der Waals surface area contributed by atoms with Crippen molar-refractivity contribution in [2.45, 2.75) is 24.3 Å². The number of amides is 1. The Kier molecular flexibility index (Phi) is 7.30. The van der Waals surface area contributed by atoms with Gasteiger partial charge in [-0.2, -0.15) is 4.99 Å². The number of carbonyl (C=O) groups is 1. The molecule has 158 valence electrons. The van der Waals surface area contributed by atoms with Crippen LogP contribution >= 0.6 is 11.3 Å². The SMILES string of the molecule is CN(CCCC(=O)N=c1sccn1Cc1ccccc1)S(=O)(=O)c1ccc(F)cc1. The molecule has 6 nitrogen and oxygen atoms in total. The average Bonchev–Trinajstić information content (AvgIpc) is 3.15. The highest BCUT2D eigenvalue weighted by atomic mass is 32.2. The first-order chi connectivity index (χ1) is 14.4. The van der Waals surface area contributed by atoms with Crippen molar-refractivity contribution in [1.82, 2.24) is 8.87 Å². The van der Waals surface area contributed by atoms with Gasteiger partial charge in [-0.05, 0) is 36.2 Å². The second-order valence-electron chi connectivity index (χ2n) is 6.69. The molecular formula is C21H22FN3O3S2. The van der Waals surface area contributed by atoms with Crippen LogP contribution in [0.3, 0.4) is 0 Å². The molecule has 9 heteroatoms. The molecule has 0 N–H and O–H groups in total. The van der Waals surface area contributed by atoms with Gasteiger partial charge in [-0.25, -0.2) is 17.1 Å². The summed E-state index contributed by atoms with van der Waals surface area (Å²) >= 11 is 1.38. The lowest BCUT2D eigenvalue weighted by molar-refractivity contribution is -0.118. The lowest BCUT2D eigenvalue weighted by Crippen LogP contribution is -2.28. The second kappa shape index (κ2) is 9.92. The second-order valence-corrected chi connectivity index (χ2v) is 9.61. The van der Waals surface area contributed by atoms with Gasteiger partial charge < -0.3 is 4.57 Å². The van der Waals surface area contributed by atoms with E-state index in [1.54, 1.807) is 0 Å². The van der Waals surface area contributed by atoms with Gasteiger partial charge in [0.2, 0.25) is 15.9 Å². The van der Waals surface area contributed by atoms with Crippen LogP contribution in [0.4, 0.5) is 4.39 Å². The van der Waals surface area contributed by atoms with Crippen LogP contribution in [0.1, 0.15) is 18.4 Å². The van der Waals surface area contributed by atoms with Crippen LogP contribution in [0.15, 0.2) is 76.1 Å². The maximum absolute atomic E-state index is 13.0. The van der Waals surface area contributed by atoms with Crippen molar-refractivity contribution in [1.29, 1.82) is 0 Å². The number of benzene rings is 2. The fraction of sp³-hybridized carbons (Fsp3) is 0.238. The highest BCUT2D eigenvalue weighted by Crippen LogP contribution is 2.15. The predicted octanol–water partition coefficient (Wildman–Crippen LogP) is 3.27. The molecule has 0 saturated carbocycles. The zero-order valence-corrected chi connectivity index (χ0v) is 18.1. The van der Waals surface area contributed by atoms with Gasteiger partial charge in [-0.15, -0.1) is 11.3 Å². The maximum Gasteiger partial charge on any atom is 0.248 e. The summed E-state index contributed by atoms with van der Waals surface area (Å²) in [6.45, 7) is 0.782. The molecule has 0 saturated heterocycles. The summed E-state index contributed by atoms with van der Waals surface area (Å²) in [5.74, 6) is -0.797. The number of rotatable bonds is 8. The molecule has 0 radical (unpaired) electrons. The van der Waals surface area contributed by atoms with Crippen LogP contribution in [0.5, 0.6) is 0 Å². The van der Waals surface area contributed by atoms with Gasteiger partial charge in [0.15, 0.2) is 4.80 Å². The fourth-order valence-electron chi connectivity index (χ4n) is 2.81. The van der Waals surface area contributed by atoms with Crippen LogP contribution < -0.4 is 4.80 Å². The molecule has 1 aromatic heterocycles. The van der Waals surface area contributed by atoms with Gasteiger partial charge in [0.05, 0.1) is 4.90 Å². The number of hydrogen-bond acceptors (Lipinski definition) is 4. The minimum absolute atomic E-state index is 0.0166. The highest BCUT2D eigenvalue weighted by molar-refractivity contribution is 7.89. The third-order valence-corrected chi connectivity index (χ3v) is 7.13. The molecule has 1 amide bonds. The van der Waals surface area contributed by atoms with E-state index >= 15 is 0 Å². The number of thiazole rings is 1. The molecule has 3 aromatic rings. The molecule has 0 bridgehead atoms. The van der Waals surface area contributed by atoms with Gasteiger partial charge in [0.25, 0.3) is 0 Å². The Labute approximate surface area is 179 Å². The summed E-state index contributed by atoms with van der Waals surface area (Å²) in [5.41, 5.74) is 1.11. The maximum atomic E-state index is 13.0. The highest BCUT2D eigenvalue weighted by Gasteiger charge is 2.20. The van der Waals surface area contributed by atoms with Crippen molar-refractivity contribution < 1.29 is 17.6 Å². The first-order valence-electron chi connectivity index (χ1n) is 9.33. The van der Waals surface area contributed by atoms with Gasteiger partial charge >= 0.3 is 0 Å². The number of carbonyl (C=O) groups excluding carboxylic acids is 1. The summed E-state index contributed by atoms with van der Waals surface area (Å²) in [6, 6.07) is 14.5. The molecular weight excluding hydrogens is 425 g/mol. The minimum Gasteiger partial charge on any atom is -0.319 e. The van der Waals surface area contributed by atoms with E-state index in [4.69, 9.17) is 0 Å². The van der Waals surface area contributed by atoms with Crippen molar-refractivity contribution >= 4 is 27.3 Å². The predicted molar refractivity (Wildman–Crippen MR) is 114 cm³/mol. The van der Waals surface area contributed by atoms with E-state index in [1.807, 2.05) is 46.5 Å². The summed E-state index contributed by atoms with van der Waals surface area (Å²) in [6.07, 6.45) is 2.35. The van der Waals surface area contributed by atoms with Crippen molar-refractivity contribution in [2.24, 2.45) is 4.99 Å². The average molecular weight is 448 g/mol. The van der Waals surface area contributed by atoms with Crippen LogP contribution in [0.2, 0.25) is 0 Å². The molecule has 30 heavy (non-hydrogen) atoms. The quantitative estimate of drug-likeness (QED) is 0.532. The standard InChI is InChI=1S/C21H22FN3O3S2/c1-24(30(27,28)19-11-9-18(22)10-12-19)13-5-8-20(26)23-21-25(14-15-29-21)16-17-6-3-2-4-7-17/h2-4,6-7,9-12,14-15H,5,8,13,16H2,1H3. The number of sulfonamides is 1. The number of nitrogens with zero attached hydrogens (tertiary/aromatic N) is 3. The van der Waals surface area contributed by atoms with Gasteiger partial charge in [0.1, 0.15) is 5.82 Å². The van der Waals surface area contributed by atoms with Crippen molar-refractivity contribution in [3.05, 3.63) is 82.4 Å². The molecule has 0 aliphatic rings. The Morgan fingerprint density at radius 2 is 1.83 bits per heavy atom. The summed E-state index contributed by atoms with van der Waals surface area (Å²) in [5, 5.41) is 1.87. The normalized spacial score (nSPS) is 12.4. The Hall–Kier alpha value is -2.62. The molecule has 3 rings (SSSR count). The molecule has 2 aromatic carbocycles. The first-order valence-corrected chi connectivity index (χ1v) is 11.7. The van der Waals surface area contributed by atoms with E-state index < -0.39 is 15.8 Å². The molecule has 0 aliphatic carbocycles. The minimum atomic E-state index is -3.72. The summed E-state index contributed by atoms with van der Waals surface area (Å²) in [4.78, 5) is 17.1. The van der Waals surface area contributed by atoms with Crippen LogP contribution in [0, 0.1) is 5.82 Å². The zero-order valence-electron chi connectivity index (χ0n) is 16.4. The Balaban J connectivity index is 1.57. The molecule has 0 fully saturated rings. The van der Waals surface area contributed by atoms with Gasteiger partial charge in [-0.3, -0.25) is 4.79 Å². The zero-order chi connectivity index (χ0) is 21.6.